The summed E-state index contributed by atoms with van der Waals surface area (Å²) in [5, 5.41) is 54.4. The van der Waals surface area contributed by atoms with Crippen molar-refractivity contribution in [1.82, 2.24) is 5.32 Å². The number of hydrogen-bond acceptors (Lipinski definition) is 8. The van der Waals surface area contributed by atoms with E-state index in [0.29, 0.717) is 6.42 Å². The van der Waals surface area contributed by atoms with Gasteiger partial charge in [-0.3, -0.25) is 4.79 Å². The zero-order valence-electron chi connectivity index (χ0n) is 41.0. The topological polar surface area (TPSA) is 149 Å². The van der Waals surface area contributed by atoms with Gasteiger partial charge in [0.25, 0.3) is 0 Å². The average molecular weight is 902 g/mol. The molecule has 372 valence electrons. The molecule has 7 atom stereocenters. The summed E-state index contributed by atoms with van der Waals surface area (Å²) >= 11 is 0. The lowest BCUT2D eigenvalue weighted by Crippen LogP contribution is -2.60. The van der Waals surface area contributed by atoms with E-state index in [2.05, 4.69) is 67.8 Å². The number of carbonyl (C=O) groups is 1. The van der Waals surface area contributed by atoms with Crippen LogP contribution < -0.4 is 5.32 Å². The fourth-order valence-corrected chi connectivity index (χ4v) is 8.15. The maximum atomic E-state index is 13.0. The Morgan fingerprint density at radius 2 is 0.969 bits per heavy atom. The Labute approximate surface area is 392 Å². The molecule has 64 heavy (non-hydrogen) atoms. The highest BCUT2D eigenvalue weighted by molar-refractivity contribution is 5.76. The van der Waals surface area contributed by atoms with E-state index in [1.54, 1.807) is 6.08 Å². The van der Waals surface area contributed by atoms with Gasteiger partial charge in [0.1, 0.15) is 24.4 Å². The summed E-state index contributed by atoms with van der Waals surface area (Å²) in [6.45, 7) is 3.67. The molecule has 1 saturated heterocycles. The first-order chi connectivity index (χ1) is 31.3. The van der Waals surface area contributed by atoms with Crippen LogP contribution in [0.25, 0.3) is 0 Å². The standard InChI is InChI=1S/C55H99NO8/c1-3-5-7-9-11-13-15-17-19-21-23-25-27-29-31-33-35-37-39-41-43-45-51(59)56-48(47-63-55-54(62)53(61)52(60)50(46-57)64-55)49(58)44-42-40-38-36-34-32-30-28-26-24-22-20-18-16-14-12-10-8-6-4-2/h5,7,11,13,17,19,23,25,42,44,48-50,52-55,57-58,60-62H,3-4,6,8-10,12,14-16,18,20-22,24,26-41,43,45-47H2,1-2H3,(H,56,59)/b7-5-,13-11-,19-17-,25-23-,44-42+. The molecule has 7 unspecified atom stereocenters. The van der Waals surface area contributed by atoms with Crippen molar-refractivity contribution in [2.75, 3.05) is 13.2 Å². The van der Waals surface area contributed by atoms with E-state index in [1.165, 1.54) is 128 Å². The molecule has 0 saturated carbocycles. The molecule has 0 aromatic rings. The number of allylic oxidation sites excluding steroid dienone is 9. The summed E-state index contributed by atoms with van der Waals surface area (Å²) in [5.74, 6) is -0.186. The van der Waals surface area contributed by atoms with Crippen molar-refractivity contribution in [3.8, 4) is 0 Å². The highest BCUT2D eigenvalue weighted by atomic mass is 16.7. The third kappa shape index (κ3) is 34.2. The van der Waals surface area contributed by atoms with E-state index >= 15 is 0 Å². The van der Waals surface area contributed by atoms with E-state index < -0.39 is 49.5 Å². The van der Waals surface area contributed by atoms with Crippen LogP contribution in [0.2, 0.25) is 0 Å². The molecule has 1 aliphatic heterocycles. The number of hydrogen-bond donors (Lipinski definition) is 6. The minimum atomic E-state index is -1.57. The van der Waals surface area contributed by atoms with Crippen molar-refractivity contribution in [2.24, 2.45) is 0 Å². The highest BCUT2D eigenvalue weighted by Crippen LogP contribution is 2.23. The largest absolute Gasteiger partial charge is 0.394 e. The van der Waals surface area contributed by atoms with E-state index in [0.717, 1.165) is 77.0 Å². The first-order valence-corrected chi connectivity index (χ1v) is 26.5. The zero-order chi connectivity index (χ0) is 46.6. The van der Waals surface area contributed by atoms with Crippen LogP contribution in [0.1, 0.15) is 226 Å². The minimum absolute atomic E-state index is 0.186. The van der Waals surface area contributed by atoms with Gasteiger partial charge in [0.05, 0.1) is 25.4 Å². The first-order valence-electron chi connectivity index (χ1n) is 26.5. The number of ether oxygens (including phenoxy) is 2. The second kappa shape index (κ2) is 44.7. The van der Waals surface area contributed by atoms with Gasteiger partial charge in [0.15, 0.2) is 6.29 Å². The van der Waals surface area contributed by atoms with E-state index in [-0.39, 0.29) is 12.5 Å². The molecular formula is C55H99NO8. The fourth-order valence-electron chi connectivity index (χ4n) is 8.15. The van der Waals surface area contributed by atoms with Gasteiger partial charge in [-0.25, -0.2) is 0 Å². The summed E-state index contributed by atoms with van der Waals surface area (Å²) in [4.78, 5) is 13.0. The predicted octanol–water partition coefficient (Wildman–Crippen LogP) is 12.3. The Hall–Kier alpha value is -2.11. The van der Waals surface area contributed by atoms with Crippen LogP contribution in [0, 0.1) is 0 Å². The maximum Gasteiger partial charge on any atom is 0.220 e. The first kappa shape index (κ1) is 59.9. The third-order valence-electron chi connectivity index (χ3n) is 12.3. The molecule has 0 radical (unpaired) electrons. The van der Waals surface area contributed by atoms with Crippen LogP contribution in [0.4, 0.5) is 0 Å². The van der Waals surface area contributed by atoms with Gasteiger partial charge in [-0.2, -0.15) is 0 Å². The Balaban J connectivity index is 2.29. The molecule has 9 heteroatoms. The van der Waals surface area contributed by atoms with Gasteiger partial charge < -0.3 is 40.3 Å². The number of unbranched alkanes of at least 4 members (excludes halogenated alkanes) is 26. The highest BCUT2D eigenvalue weighted by Gasteiger charge is 2.44. The molecule has 0 spiro atoms. The molecule has 1 aliphatic rings. The third-order valence-corrected chi connectivity index (χ3v) is 12.3. The van der Waals surface area contributed by atoms with Crippen molar-refractivity contribution in [3.63, 3.8) is 0 Å². The fraction of sp³-hybridized carbons (Fsp3) is 0.800. The average Bonchev–Trinajstić information content (AvgIpc) is 3.29. The summed E-state index contributed by atoms with van der Waals surface area (Å²) in [7, 11) is 0. The van der Waals surface area contributed by atoms with E-state index in [1.807, 2.05) is 6.08 Å². The van der Waals surface area contributed by atoms with Crippen molar-refractivity contribution < 1.29 is 39.8 Å². The quantitative estimate of drug-likeness (QED) is 0.0262. The van der Waals surface area contributed by atoms with Crippen molar-refractivity contribution in [3.05, 3.63) is 60.8 Å². The van der Waals surface area contributed by atoms with Crippen LogP contribution in [0.3, 0.4) is 0 Å². The number of carbonyl (C=O) groups excluding carboxylic acids is 1. The number of amides is 1. The Morgan fingerprint density at radius 3 is 1.44 bits per heavy atom. The molecule has 0 bridgehead atoms. The van der Waals surface area contributed by atoms with E-state index in [4.69, 9.17) is 9.47 Å². The summed E-state index contributed by atoms with van der Waals surface area (Å²) in [6.07, 6.45) is 52.6. The van der Waals surface area contributed by atoms with Gasteiger partial charge in [0, 0.05) is 6.42 Å². The molecule has 0 aromatic heterocycles. The SMILES string of the molecule is CC/C=C\C/C=C\C/C=C\C/C=C\CCCCCCCCCCC(=O)NC(COC1OC(CO)C(O)C(O)C1O)C(O)/C=C/CCCCCCCCCCCCCCCCCCCC. The Kier molecular flexibility index (Phi) is 41.9. The van der Waals surface area contributed by atoms with Gasteiger partial charge >= 0.3 is 0 Å². The molecule has 1 heterocycles. The summed E-state index contributed by atoms with van der Waals surface area (Å²) < 4.78 is 11.2. The monoisotopic (exact) mass is 902 g/mol. The molecule has 0 aromatic carbocycles. The van der Waals surface area contributed by atoms with Gasteiger partial charge in [-0.1, -0.05) is 222 Å². The number of rotatable bonds is 44. The lowest BCUT2D eigenvalue weighted by molar-refractivity contribution is -0.302. The van der Waals surface area contributed by atoms with Gasteiger partial charge in [-0.15, -0.1) is 0 Å². The minimum Gasteiger partial charge on any atom is -0.394 e. The molecule has 9 nitrogen and oxygen atoms in total. The summed E-state index contributed by atoms with van der Waals surface area (Å²) in [5.41, 5.74) is 0. The van der Waals surface area contributed by atoms with Crippen molar-refractivity contribution >= 4 is 5.91 Å². The Morgan fingerprint density at radius 1 is 0.547 bits per heavy atom. The lowest BCUT2D eigenvalue weighted by atomic mass is 9.99. The maximum absolute atomic E-state index is 13.0. The van der Waals surface area contributed by atoms with Crippen LogP contribution >= 0.6 is 0 Å². The van der Waals surface area contributed by atoms with Crippen molar-refractivity contribution in [2.45, 2.75) is 269 Å². The molecule has 1 amide bonds. The lowest BCUT2D eigenvalue weighted by Gasteiger charge is -2.40. The Bertz CT molecular complexity index is 1180. The van der Waals surface area contributed by atoms with Crippen molar-refractivity contribution in [1.29, 1.82) is 0 Å². The second-order valence-corrected chi connectivity index (χ2v) is 18.3. The predicted molar refractivity (Wildman–Crippen MR) is 267 cm³/mol. The second-order valence-electron chi connectivity index (χ2n) is 18.3. The van der Waals surface area contributed by atoms with E-state index in [9.17, 15) is 30.3 Å². The number of nitrogens with one attached hydrogen (secondary N) is 1. The molecule has 1 fully saturated rings. The number of aliphatic hydroxyl groups excluding tert-OH is 5. The normalized spacial score (nSPS) is 20.5. The van der Waals surface area contributed by atoms with Gasteiger partial charge in [-0.05, 0) is 57.8 Å². The molecular weight excluding hydrogens is 803 g/mol. The smallest absolute Gasteiger partial charge is 0.220 e. The zero-order valence-corrected chi connectivity index (χ0v) is 41.0. The van der Waals surface area contributed by atoms with Crippen LogP contribution in [-0.4, -0.2) is 87.5 Å². The summed E-state index contributed by atoms with van der Waals surface area (Å²) in [6, 6.07) is -0.812. The number of aliphatic hydroxyl groups is 5. The molecule has 1 rings (SSSR count). The van der Waals surface area contributed by atoms with Crippen LogP contribution in [-0.2, 0) is 14.3 Å². The van der Waals surface area contributed by atoms with Crippen LogP contribution in [0.5, 0.6) is 0 Å². The molecule has 0 aliphatic carbocycles. The molecule has 6 N–H and O–H groups in total. The van der Waals surface area contributed by atoms with Crippen LogP contribution in [0.15, 0.2) is 60.8 Å². The van der Waals surface area contributed by atoms with Gasteiger partial charge in [0.2, 0.25) is 5.91 Å².